The third kappa shape index (κ3) is 16.5. The number of para-hydroxylation sites is 1. The van der Waals surface area contributed by atoms with Crippen LogP contribution in [0.2, 0.25) is 0 Å². The smallest absolute Gasteiger partial charge is 0.220 e. The molecule has 0 spiro atoms. The number of aliphatic imine (C=N–C) groups is 2. The van der Waals surface area contributed by atoms with E-state index in [1.165, 1.54) is 6.92 Å². The number of carbonyl (C=O) groups excluding carboxylic acids is 4. The second-order valence-electron chi connectivity index (χ2n) is 11.9. The van der Waals surface area contributed by atoms with Crippen molar-refractivity contribution in [1.29, 1.82) is 0 Å². The van der Waals surface area contributed by atoms with Crippen molar-refractivity contribution in [1.82, 2.24) is 20.9 Å². The number of hydrogen-bond donors (Lipinski definition) is 8. The molecule has 47 heavy (non-hydrogen) atoms. The monoisotopic (exact) mass is 654 g/mol. The Morgan fingerprint density at radius 2 is 1.23 bits per heavy atom. The van der Waals surface area contributed by atoms with Gasteiger partial charge in [-0.05, 0) is 69.9 Å². The molecule has 0 saturated carbocycles. The molecule has 3 amide bonds. The zero-order chi connectivity index (χ0) is 34.6. The van der Waals surface area contributed by atoms with Crippen LogP contribution < -0.4 is 38.9 Å². The van der Waals surface area contributed by atoms with Gasteiger partial charge in [0.05, 0.1) is 0 Å². The van der Waals surface area contributed by atoms with E-state index in [9.17, 15) is 19.2 Å². The molecule has 2 aromatic rings. The van der Waals surface area contributed by atoms with Crippen molar-refractivity contribution in [3.63, 3.8) is 0 Å². The summed E-state index contributed by atoms with van der Waals surface area (Å²) in [5.41, 5.74) is 23.7. The number of amides is 3. The van der Waals surface area contributed by atoms with Gasteiger partial charge < -0.3 is 48.7 Å². The quantitative estimate of drug-likeness (QED) is 0.0495. The predicted molar refractivity (Wildman–Crippen MR) is 186 cm³/mol. The molecule has 1 aromatic carbocycles. The molecule has 0 radical (unpaired) electrons. The second kappa shape index (κ2) is 21.2. The maximum atomic E-state index is 13.2. The number of aromatic amines is 1. The summed E-state index contributed by atoms with van der Waals surface area (Å²) in [6, 6.07) is 7.24. The van der Waals surface area contributed by atoms with Crippen molar-refractivity contribution >= 4 is 46.3 Å². The maximum absolute atomic E-state index is 13.2. The van der Waals surface area contributed by atoms with Crippen molar-refractivity contribution in [2.75, 3.05) is 13.1 Å². The molecule has 1 aromatic heterocycles. The summed E-state index contributed by atoms with van der Waals surface area (Å²) < 4.78 is 0. The number of benzene rings is 1. The van der Waals surface area contributed by atoms with Crippen LogP contribution in [0.15, 0.2) is 40.4 Å². The van der Waals surface area contributed by atoms with Gasteiger partial charge in [-0.25, -0.2) is 0 Å². The van der Waals surface area contributed by atoms with Crippen LogP contribution in [0, 0.1) is 0 Å². The Bertz CT molecular complexity index is 1350. The van der Waals surface area contributed by atoms with Crippen molar-refractivity contribution in [3.8, 4) is 0 Å². The SMILES string of the molecule is CCC(=O)N[C@@H](CCCN=C(N)N)CCC(=O)N[C@H](CCC(=O)N[C@@H](CCCN=C(N)N)CCC(C)=O)Cc1c[nH]c2ccccc12. The van der Waals surface area contributed by atoms with Gasteiger partial charge in [0, 0.05) is 74.0 Å². The molecule has 1 heterocycles. The van der Waals surface area contributed by atoms with Gasteiger partial charge in [0.25, 0.3) is 0 Å². The summed E-state index contributed by atoms with van der Waals surface area (Å²) in [6.07, 6.45) is 7.55. The van der Waals surface area contributed by atoms with Gasteiger partial charge in [0.1, 0.15) is 5.78 Å². The third-order valence-corrected chi connectivity index (χ3v) is 7.85. The number of H-pyrrole nitrogens is 1. The van der Waals surface area contributed by atoms with Crippen LogP contribution in [0.25, 0.3) is 10.9 Å². The maximum Gasteiger partial charge on any atom is 0.220 e. The number of nitrogens with one attached hydrogen (secondary N) is 4. The van der Waals surface area contributed by atoms with Crippen LogP contribution >= 0.6 is 0 Å². The zero-order valence-electron chi connectivity index (χ0n) is 27.9. The summed E-state index contributed by atoms with van der Waals surface area (Å²) in [5.74, 6) is -0.306. The molecule has 0 saturated heterocycles. The summed E-state index contributed by atoms with van der Waals surface area (Å²) >= 11 is 0. The number of nitrogens with zero attached hydrogens (tertiary/aromatic N) is 2. The fraction of sp³-hybridized carbons (Fsp3) is 0.576. The molecule has 3 atom stereocenters. The molecule has 0 aliphatic rings. The first kappa shape index (κ1) is 38.6. The first-order chi connectivity index (χ1) is 22.5. The average Bonchev–Trinajstić information content (AvgIpc) is 3.43. The molecule has 0 unspecified atom stereocenters. The Hall–Kier alpha value is -4.62. The normalized spacial score (nSPS) is 12.8. The van der Waals surface area contributed by atoms with Gasteiger partial charge in [-0.1, -0.05) is 25.1 Å². The molecular formula is C33H54N10O4. The highest BCUT2D eigenvalue weighted by Gasteiger charge is 2.20. The summed E-state index contributed by atoms with van der Waals surface area (Å²) in [7, 11) is 0. The minimum Gasteiger partial charge on any atom is -0.370 e. The third-order valence-electron chi connectivity index (χ3n) is 7.85. The van der Waals surface area contributed by atoms with E-state index in [0.717, 1.165) is 16.5 Å². The molecule has 260 valence electrons. The lowest BCUT2D eigenvalue weighted by molar-refractivity contribution is -0.124. The molecule has 14 nitrogen and oxygen atoms in total. The van der Waals surface area contributed by atoms with E-state index >= 15 is 0 Å². The summed E-state index contributed by atoms with van der Waals surface area (Å²) in [6.45, 7) is 4.19. The van der Waals surface area contributed by atoms with E-state index in [1.807, 2.05) is 30.5 Å². The Morgan fingerprint density at radius 3 is 1.79 bits per heavy atom. The first-order valence-corrected chi connectivity index (χ1v) is 16.5. The zero-order valence-corrected chi connectivity index (χ0v) is 27.9. The van der Waals surface area contributed by atoms with Crippen molar-refractivity contribution < 1.29 is 19.2 Å². The highest BCUT2D eigenvalue weighted by molar-refractivity contribution is 5.83. The number of carbonyl (C=O) groups is 4. The molecule has 14 heteroatoms. The average molecular weight is 655 g/mol. The standard InChI is InChI=1S/C33H54N10O4/c1-3-29(45)41-25(9-7-19-39-33(36)37)14-16-31(47)43-26(20-23-21-40-28-11-5-4-10-27(23)28)15-17-30(46)42-24(13-12-22(2)44)8-6-18-38-32(34)35/h4-5,10-11,21,24-26,40H,3,6-9,12-20H2,1-2H3,(H,41,45)(H,42,46)(H,43,47)(H4,34,35,38)(H4,36,37,39)/t24-,25-,26+/m0/s1. The molecule has 0 aliphatic carbocycles. The van der Waals surface area contributed by atoms with Gasteiger partial charge in [0.15, 0.2) is 11.9 Å². The van der Waals surface area contributed by atoms with Gasteiger partial charge in [0.2, 0.25) is 17.7 Å². The molecule has 0 bridgehead atoms. The highest BCUT2D eigenvalue weighted by atomic mass is 16.2. The Kier molecular flexibility index (Phi) is 17.4. The van der Waals surface area contributed by atoms with Crippen LogP contribution in [0.5, 0.6) is 0 Å². The number of guanidine groups is 2. The highest BCUT2D eigenvalue weighted by Crippen LogP contribution is 2.20. The number of Topliss-reactive ketones (excluding diaryl/α,β-unsaturated/α-hetero) is 1. The lowest BCUT2D eigenvalue weighted by Gasteiger charge is -2.22. The second-order valence-corrected chi connectivity index (χ2v) is 11.9. The van der Waals surface area contributed by atoms with Crippen LogP contribution in [-0.4, -0.2) is 71.6 Å². The van der Waals surface area contributed by atoms with Crippen molar-refractivity contribution in [2.24, 2.45) is 32.9 Å². The predicted octanol–water partition coefficient (Wildman–Crippen LogP) is 1.61. The molecule has 0 fully saturated rings. The van der Waals surface area contributed by atoms with Crippen LogP contribution in [0.3, 0.4) is 0 Å². The Labute approximate surface area is 277 Å². The summed E-state index contributed by atoms with van der Waals surface area (Å²) in [4.78, 5) is 61.4. The van der Waals surface area contributed by atoms with Gasteiger partial charge in [-0.2, -0.15) is 0 Å². The number of rotatable bonds is 23. The lowest BCUT2D eigenvalue weighted by Crippen LogP contribution is -2.40. The number of aromatic nitrogens is 1. The van der Waals surface area contributed by atoms with Crippen molar-refractivity contribution in [3.05, 3.63) is 36.0 Å². The van der Waals surface area contributed by atoms with Crippen LogP contribution in [0.1, 0.15) is 90.0 Å². The molecule has 0 aliphatic heterocycles. The number of nitrogens with two attached hydrogens (primary N) is 4. The van der Waals surface area contributed by atoms with E-state index in [4.69, 9.17) is 22.9 Å². The topological polar surface area (TPSA) is 249 Å². The summed E-state index contributed by atoms with van der Waals surface area (Å²) in [5, 5.41) is 10.3. The van der Waals surface area contributed by atoms with E-state index in [2.05, 4.69) is 30.9 Å². The minimum atomic E-state index is -0.310. The van der Waals surface area contributed by atoms with E-state index in [1.54, 1.807) is 6.92 Å². The number of ketones is 1. The molecule has 2 rings (SSSR count). The van der Waals surface area contributed by atoms with Gasteiger partial charge in [-0.15, -0.1) is 0 Å². The van der Waals surface area contributed by atoms with Crippen LogP contribution in [0.4, 0.5) is 0 Å². The van der Waals surface area contributed by atoms with Crippen molar-refractivity contribution in [2.45, 2.75) is 109 Å². The van der Waals surface area contributed by atoms with Gasteiger partial charge in [-0.3, -0.25) is 24.4 Å². The minimum absolute atomic E-state index is 0.0155. The van der Waals surface area contributed by atoms with Crippen LogP contribution in [-0.2, 0) is 25.6 Å². The van der Waals surface area contributed by atoms with Gasteiger partial charge >= 0.3 is 0 Å². The number of hydrogen-bond acceptors (Lipinski definition) is 6. The van der Waals surface area contributed by atoms with E-state index in [0.29, 0.717) is 77.3 Å². The lowest BCUT2D eigenvalue weighted by atomic mass is 9.99. The van der Waals surface area contributed by atoms with E-state index < -0.39 is 0 Å². The van der Waals surface area contributed by atoms with E-state index in [-0.39, 0.29) is 66.4 Å². The fourth-order valence-electron chi connectivity index (χ4n) is 5.38. The Morgan fingerprint density at radius 1 is 0.723 bits per heavy atom. The number of fused-ring (bicyclic) bond motifs is 1. The molecular weight excluding hydrogens is 600 g/mol. The fourth-order valence-corrected chi connectivity index (χ4v) is 5.38. The first-order valence-electron chi connectivity index (χ1n) is 16.5. The Balaban J connectivity index is 2.07. The molecule has 12 N–H and O–H groups in total. The largest absolute Gasteiger partial charge is 0.370 e.